The van der Waals surface area contributed by atoms with Gasteiger partial charge < -0.3 is 10.1 Å². The lowest BCUT2D eigenvalue weighted by molar-refractivity contribution is -0.115. The number of carbonyl (C=O) groups is 1. The number of para-hydroxylation sites is 1. The Morgan fingerprint density at radius 3 is 2.32 bits per heavy atom. The minimum absolute atomic E-state index is 0.159. The van der Waals surface area contributed by atoms with E-state index in [2.05, 4.69) is 41.7 Å². The number of ketones is 1. The Morgan fingerprint density at radius 2 is 1.57 bits per heavy atom. The van der Waals surface area contributed by atoms with Gasteiger partial charge >= 0.3 is 0 Å². The lowest BCUT2D eigenvalue weighted by Crippen LogP contribution is -2.17. The van der Waals surface area contributed by atoms with Gasteiger partial charge in [-0.2, -0.15) is 0 Å². The molecule has 140 valence electrons. The maximum atomic E-state index is 12.4. The Labute approximate surface area is 165 Å². The van der Waals surface area contributed by atoms with Crippen molar-refractivity contribution in [2.45, 2.75) is 18.8 Å². The third kappa shape index (κ3) is 3.99. The van der Waals surface area contributed by atoms with Crippen LogP contribution in [0.1, 0.15) is 24.3 Å². The Kier molecular flexibility index (Phi) is 5.24. The van der Waals surface area contributed by atoms with Crippen LogP contribution in [0.2, 0.25) is 0 Å². The standard InChI is InChI=1S/C25H23NO2/c1-28-23-13-11-18(12-14-23)20-15-21(17-22(27)16-20)26-25-10-6-5-9-24(25)19-7-3-2-4-8-19/h2-14,17,20,26H,15-16H2,1H3. The summed E-state index contributed by atoms with van der Waals surface area (Å²) >= 11 is 0. The predicted octanol–water partition coefficient (Wildman–Crippen LogP) is 5.80. The predicted molar refractivity (Wildman–Crippen MR) is 114 cm³/mol. The number of hydrogen-bond acceptors (Lipinski definition) is 3. The quantitative estimate of drug-likeness (QED) is 0.617. The van der Waals surface area contributed by atoms with Gasteiger partial charge in [-0.3, -0.25) is 4.79 Å². The Balaban J connectivity index is 1.57. The Bertz CT molecular complexity index is 991. The van der Waals surface area contributed by atoms with Crippen molar-refractivity contribution < 1.29 is 9.53 Å². The first kappa shape index (κ1) is 18.1. The highest BCUT2D eigenvalue weighted by molar-refractivity contribution is 5.93. The monoisotopic (exact) mass is 369 g/mol. The molecule has 0 radical (unpaired) electrons. The molecule has 3 aromatic rings. The van der Waals surface area contributed by atoms with Gasteiger partial charge in [0, 0.05) is 29.4 Å². The molecular formula is C25H23NO2. The molecule has 0 heterocycles. The Morgan fingerprint density at radius 1 is 0.857 bits per heavy atom. The number of rotatable bonds is 5. The fraction of sp³-hybridized carbons (Fsp3) is 0.160. The number of anilines is 1. The molecule has 3 aromatic carbocycles. The first-order valence-corrected chi connectivity index (χ1v) is 9.52. The molecule has 1 unspecified atom stereocenters. The minimum atomic E-state index is 0.159. The van der Waals surface area contributed by atoms with Crippen LogP contribution in [0.3, 0.4) is 0 Å². The number of carbonyl (C=O) groups excluding carboxylic acids is 1. The average molecular weight is 369 g/mol. The first-order chi connectivity index (χ1) is 13.7. The van der Waals surface area contributed by atoms with Gasteiger partial charge in [-0.1, -0.05) is 60.7 Å². The zero-order valence-corrected chi connectivity index (χ0v) is 15.9. The lowest BCUT2D eigenvalue weighted by atomic mass is 9.85. The van der Waals surface area contributed by atoms with Gasteiger partial charge in [0.05, 0.1) is 7.11 Å². The molecule has 28 heavy (non-hydrogen) atoms. The molecule has 0 aromatic heterocycles. The topological polar surface area (TPSA) is 38.3 Å². The van der Waals surface area contributed by atoms with E-state index in [4.69, 9.17) is 4.74 Å². The zero-order chi connectivity index (χ0) is 19.3. The highest BCUT2D eigenvalue weighted by atomic mass is 16.5. The van der Waals surface area contributed by atoms with Crippen LogP contribution in [-0.4, -0.2) is 12.9 Å². The molecule has 0 saturated heterocycles. The van der Waals surface area contributed by atoms with Gasteiger partial charge in [0.1, 0.15) is 5.75 Å². The zero-order valence-electron chi connectivity index (χ0n) is 15.9. The summed E-state index contributed by atoms with van der Waals surface area (Å²) in [6.45, 7) is 0. The smallest absolute Gasteiger partial charge is 0.158 e. The van der Waals surface area contributed by atoms with Crippen LogP contribution in [0, 0.1) is 0 Å². The normalized spacial score (nSPS) is 16.4. The van der Waals surface area contributed by atoms with Gasteiger partial charge in [0.2, 0.25) is 0 Å². The molecule has 1 N–H and O–H groups in total. The van der Waals surface area contributed by atoms with Crippen LogP contribution in [-0.2, 0) is 4.79 Å². The maximum absolute atomic E-state index is 12.4. The molecule has 3 nitrogen and oxygen atoms in total. The fourth-order valence-corrected chi connectivity index (χ4v) is 3.73. The molecule has 1 aliphatic carbocycles. The van der Waals surface area contributed by atoms with Gasteiger partial charge in [0.25, 0.3) is 0 Å². The number of allylic oxidation sites excluding steroid dienone is 2. The Hall–Kier alpha value is -3.33. The van der Waals surface area contributed by atoms with E-state index in [0.29, 0.717) is 6.42 Å². The van der Waals surface area contributed by atoms with Crippen molar-refractivity contribution in [1.29, 1.82) is 0 Å². The van der Waals surface area contributed by atoms with Crippen LogP contribution in [0.25, 0.3) is 11.1 Å². The third-order valence-electron chi connectivity index (χ3n) is 5.14. The van der Waals surface area contributed by atoms with Gasteiger partial charge in [0.15, 0.2) is 5.78 Å². The molecule has 3 heteroatoms. The van der Waals surface area contributed by atoms with E-state index in [1.54, 1.807) is 13.2 Å². The molecule has 4 rings (SSSR count). The number of ether oxygens (including phenoxy) is 1. The summed E-state index contributed by atoms with van der Waals surface area (Å²) in [5.41, 5.74) is 5.42. The summed E-state index contributed by atoms with van der Waals surface area (Å²) in [7, 11) is 1.66. The second-order valence-electron chi connectivity index (χ2n) is 7.05. The van der Waals surface area contributed by atoms with Crippen molar-refractivity contribution in [3.05, 3.63) is 96.2 Å². The van der Waals surface area contributed by atoms with Crippen molar-refractivity contribution in [3.63, 3.8) is 0 Å². The summed E-state index contributed by atoms with van der Waals surface area (Å²) in [6.07, 6.45) is 3.10. The van der Waals surface area contributed by atoms with E-state index in [-0.39, 0.29) is 11.7 Å². The SMILES string of the molecule is COc1ccc(C2CC(=O)C=C(Nc3ccccc3-c3ccccc3)C2)cc1. The largest absolute Gasteiger partial charge is 0.497 e. The van der Waals surface area contributed by atoms with E-state index in [0.717, 1.165) is 40.2 Å². The van der Waals surface area contributed by atoms with Crippen LogP contribution in [0.15, 0.2) is 90.6 Å². The van der Waals surface area contributed by atoms with Crippen LogP contribution < -0.4 is 10.1 Å². The summed E-state index contributed by atoms with van der Waals surface area (Å²) in [6, 6.07) is 26.5. The van der Waals surface area contributed by atoms with E-state index < -0.39 is 0 Å². The van der Waals surface area contributed by atoms with E-state index in [1.165, 1.54) is 0 Å². The van der Waals surface area contributed by atoms with Crippen molar-refractivity contribution in [2.24, 2.45) is 0 Å². The highest BCUT2D eigenvalue weighted by Gasteiger charge is 2.23. The van der Waals surface area contributed by atoms with E-state index in [9.17, 15) is 4.79 Å². The first-order valence-electron chi connectivity index (χ1n) is 9.52. The molecule has 0 bridgehead atoms. The molecule has 0 saturated carbocycles. The molecule has 1 aliphatic rings. The van der Waals surface area contributed by atoms with Gasteiger partial charge in [-0.25, -0.2) is 0 Å². The van der Waals surface area contributed by atoms with E-state index in [1.807, 2.05) is 42.5 Å². The number of benzene rings is 3. The van der Waals surface area contributed by atoms with Gasteiger partial charge in [-0.05, 0) is 41.7 Å². The third-order valence-corrected chi connectivity index (χ3v) is 5.14. The minimum Gasteiger partial charge on any atom is -0.497 e. The van der Waals surface area contributed by atoms with Crippen molar-refractivity contribution in [1.82, 2.24) is 0 Å². The summed E-state index contributed by atoms with van der Waals surface area (Å²) < 4.78 is 5.24. The van der Waals surface area contributed by atoms with Crippen molar-refractivity contribution in [3.8, 4) is 16.9 Å². The second kappa shape index (κ2) is 8.13. The fourth-order valence-electron chi connectivity index (χ4n) is 3.73. The number of methoxy groups -OCH3 is 1. The summed E-state index contributed by atoms with van der Waals surface area (Å²) in [5, 5.41) is 3.52. The van der Waals surface area contributed by atoms with E-state index >= 15 is 0 Å². The number of hydrogen-bond donors (Lipinski definition) is 1. The molecule has 1 atom stereocenters. The second-order valence-corrected chi connectivity index (χ2v) is 7.05. The molecule has 0 spiro atoms. The van der Waals surface area contributed by atoms with Crippen LogP contribution in [0.5, 0.6) is 5.75 Å². The average Bonchev–Trinajstić information content (AvgIpc) is 2.74. The highest BCUT2D eigenvalue weighted by Crippen LogP contribution is 2.35. The molecule has 0 amide bonds. The maximum Gasteiger partial charge on any atom is 0.158 e. The van der Waals surface area contributed by atoms with Crippen molar-refractivity contribution >= 4 is 11.5 Å². The molecule has 0 aliphatic heterocycles. The van der Waals surface area contributed by atoms with Crippen LogP contribution >= 0.6 is 0 Å². The molecular weight excluding hydrogens is 346 g/mol. The van der Waals surface area contributed by atoms with Crippen LogP contribution in [0.4, 0.5) is 5.69 Å². The van der Waals surface area contributed by atoms with Gasteiger partial charge in [-0.15, -0.1) is 0 Å². The van der Waals surface area contributed by atoms with Crippen molar-refractivity contribution in [2.75, 3.05) is 12.4 Å². The molecule has 0 fully saturated rings. The number of nitrogens with one attached hydrogen (secondary N) is 1. The summed E-state index contributed by atoms with van der Waals surface area (Å²) in [5.74, 6) is 1.16. The summed E-state index contributed by atoms with van der Waals surface area (Å²) in [4.78, 5) is 12.4. The lowest BCUT2D eigenvalue weighted by Gasteiger charge is -2.24.